The predicted molar refractivity (Wildman–Crippen MR) is 67.3 cm³/mol. The average molecular weight is 229 g/mol. The number of hydrogen-bond acceptors (Lipinski definition) is 2. The fraction of sp³-hybridized carbons (Fsp3) is 0.917. The van der Waals surface area contributed by atoms with Gasteiger partial charge in [-0.1, -0.05) is 26.2 Å². The molecule has 0 saturated carbocycles. The van der Waals surface area contributed by atoms with Gasteiger partial charge in [0.1, 0.15) is 0 Å². The number of carbonyl (C=O) groups is 1. The molecule has 0 atom stereocenters. The highest BCUT2D eigenvalue weighted by atomic mass is 32.2. The summed E-state index contributed by atoms with van der Waals surface area (Å²) in [5.74, 6) is 2.19. The van der Waals surface area contributed by atoms with Crippen LogP contribution < -0.4 is 0 Å². The molecule has 1 rings (SSSR count). The second-order valence-electron chi connectivity index (χ2n) is 4.20. The highest BCUT2D eigenvalue weighted by Crippen LogP contribution is 2.12. The third-order valence-electron chi connectivity index (χ3n) is 2.83. The second kappa shape index (κ2) is 8.03. The lowest BCUT2D eigenvalue weighted by molar-refractivity contribution is -0.128. The lowest BCUT2D eigenvalue weighted by Crippen LogP contribution is -2.33. The maximum absolute atomic E-state index is 11.8. The van der Waals surface area contributed by atoms with Crippen molar-refractivity contribution in [3.8, 4) is 0 Å². The van der Waals surface area contributed by atoms with E-state index in [4.69, 9.17) is 0 Å². The normalized spacial score (nSPS) is 17.5. The summed E-state index contributed by atoms with van der Waals surface area (Å²) in [6.45, 7) is 4.18. The molecule has 0 aromatic heterocycles. The van der Waals surface area contributed by atoms with E-state index in [0.717, 1.165) is 18.8 Å². The van der Waals surface area contributed by atoms with E-state index in [1.54, 1.807) is 11.8 Å². The Balaban J connectivity index is 2.14. The monoisotopic (exact) mass is 229 g/mol. The van der Waals surface area contributed by atoms with E-state index < -0.39 is 0 Å². The highest BCUT2D eigenvalue weighted by molar-refractivity contribution is 7.99. The van der Waals surface area contributed by atoms with Crippen molar-refractivity contribution >= 4 is 17.7 Å². The Kier molecular flexibility index (Phi) is 6.90. The lowest BCUT2D eigenvalue weighted by atomic mass is 10.2. The molecular weight excluding hydrogens is 206 g/mol. The van der Waals surface area contributed by atoms with Crippen LogP contribution in [-0.4, -0.2) is 35.4 Å². The van der Waals surface area contributed by atoms with Crippen LogP contribution in [0, 0.1) is 0 Å². The van der Waals surface area contributed by atoms with Crippen molar-refractivity contribution in [1.29, 1.82) is 0 Å². The van der Waals surface area contributed by atoms with Gasteiger partial charge in [0, 0.05) is 13.1 Å². The average Bonchev–Trinajstić information content (AvgIpc) is 2.52. The van der Waals surface area contributed by atoms with Crippen LogP contribution >= 0.6 is 11.8 Å². The third-order valence-corrected chi connectivity index (χ3v) is 3.85. The Bertz CT molecular complexity index is 176. The first-order chi connectivity index (χ1) is 7.34. The van der Waals surface area contributed by atoms with Crippen molar-refractivity contribution in [2.75, 3.05) is 24.6 Å². The fourth-order valence-corrected chi connectivity index (χ4v) is 2.81. The van der Waals surface area contributed by atoms with Crippen molar-refractivity contribution in [3.63, 3.8) is 0 Å². The molecule has 0 N–H and O–H groups in total. The van der Waals surface area contributed by atoms with Crippen LogP contribution in [0.15, 0.2) is 0 Å². The summed E-state index contributed by atoms with van der Waals surface area (Å²) in [4.78, 5) is 13.9. The van der Waals surface area contributed by atoms with Gasteiger partial charge in [-0.3, -0.25) is 4.79 Å². The Labute approximate surface area is 97.8 Å². The zero-order chi connectivity index (χ0) is 10.9. The minimum atomic E-state index is 0.359. The molecule has 0 aromatic carbocycles. The van der Waals surface area contributed by atoms with Gasteiger partial charge in [-0.2, -0.15) is 11.8 Å². The van der Waals surface area contributed by atoms with Crippen LogP contribution in [0.4, 0.5) is 0 Å². The van der Waals surface area contributed by atoms with Gasteiger partial charge in [-0.25, -0.2) is 0 Å². The van der Waals surface area contributed by atoms with Crippen molar-refractivity contribution in [1.82, 2.24) is 4.90 Å². The van der Waals surface area contributed by atoms with E-state index in [1.807, 2.05) is 0 Å². The van der Waals surface area contributed by atoms with Crippen LogP contribution in [0.25, 0.3) is 0 Å². The lowest BCUT2D eigenvalue weighted by Gasteiger charge is -2.19. The van der Waals surface area contributed by atoms with Gasteiger partial charge in [0.2, 0.25) is 5.91 Å². The molecule has 0 radical (unpaired) electrons. The molecule has 0 bridgehead atoms. The van der Waals surface area contributed by atoms with Gasteiger partial charge < -0.3 is 4.90 Å². The van der Waals surface area contributed by atoms with Crippen LogP contribution in [0.3, 0.4) is 0 Å². The summed E-state index contributed by atoms with van der Waals surface area (Å²) in [7, 11) is 0. The number of amides is 1. The van der Waals surface area contributed by atoms with E-state index in [9.17, 15) is 4.79 Å². The predicted octanol–water partition coefficient (Wildman–Crippen LogP) is 2.92. The number of thioether (sulfide) groups is 1. The first-order valence-corrected chi connectivity index (χ1v) is 7.35. The second-order valence-corrected chi connectivity index (χ2v) is 5.31. The zero-order valence-electron chi connectivity index (χ0n) is 9.83. The Morgan fingerprint density at radius 2 is 1.87 bits per heavy atom. The smallest absolute Gasteiger partial charge is 0.232 e. The largest absolute Gasteiger partial charge is 0.342 e. The van der Waals surface area contributed by atoms with E-state index in [1.165, 1.54) is 38.5 Å². The molecule has 0 spiro atoms. The van der Waals surface area contributed by atoms with Gasteiger partial charge in [0.15, 0.2) is 0 Å². The number of nitrogens with zero attached hydrogens (tertiary/aromatic N) is 1. The molecule has 1 aliphatic rings. The van der Waals surface area contributed by atoms with Crippen LogP contribution in [0.1, 0.15) is 45.4 Å². The molecular formula is C12H23NOS. The summed E-state index contributed by atoms with van der Waals surface area (Å²) in [6.07, 6.45) is 7.46. The minimum absolute atomic E-state index is 0.359. The summed E-state index contributed by atoms with van der Waals surface area (Å²) in [6, 6.07) is 0. The molecule has 0 aliphatic carbocycles. The summed E-state index contributed by atoms with van der Waals surface area (Å²) >= 11 is 1.80. The maximum Gasteiger partial charge on any atom is 0.232 e. The Hall–Kier alpha value is -0.180. The van der Waals surface area contributed by atoms with E-state index in [0.29, 0.717) is 11.7 Å². The van der Waals surface area contributed by atoms with Gasteiger partial charge in [-0.15, -0.1) is 0 Å². The van der Waals surface area contributed by atoms with Crippen LogP contribution in [-0.2, 0) is 4.79 Å². The minimum Gasteiger partial charge on any atom is -0.342 e. The SMILES string of the molecule is CCCCSCC(=O)N1CCCCCC1. The molecule has 1 fully saturated rings. The molecule has 1 heterocycles. The van der Waals surface area contributed by atoms with E-state index in [2.05, 4.69) is 11.8 Å². The topological polar surface area (TPSA) is 20.3 Å². The Morgan fingerprint density at radius 1 is 1.20 bits per heavy atom. The number of unbranched alkanes of at least 4 members (excludes halogenated alkanes) is 1. The molecule has 88 valence electrons. The first-order valence-electron chi connectivity index (χ1n) is 6.20. The number of likely N-dealkylation sites (tertiary alicyclic amines) is 1. The van der Waals surface area contributed by atoms with Crippen molar-refractivity contribution in [2.24, 2.45) is 0 Å². The fourth-order valence-electron chi connectivity index (χ4n) is 1.82. The maximum atomic E-state index is 11.8. The van der Waals surface area contributed by atoms with Crippen molar-refractivity contribution in [2.45, 2.75) is 45.4 Å². The van der Waals surface area contributed by atoms with Crippen molar-refractivity contribution < 1.29 is 4.79 Å². The third kappa shape index (κ3) is 5.45. The summed E-state index contributed by atoms with van der Waals surface area (Å²) in [5.41, 5.74) is 0. The molecule has 15 heavy (non-hydrogen) atoms. The highest BCUT2D eigenvalue weighted by Gasteiger charge is 2.14. The molecule has 2 nitrogen and oxygen atoms in total. The van der Waals surface area contributed by atoms with Gasteiger partial charge >= 0.3 is 0 Å². The molecule has 1 saturated heterocycles. The van der Waals surface area contributed by atoms with E-state index >= 15 is 0 Å². The van der Waals surface area contributed by atoms with Crippen LogP contribution in [0.2, 0.25) is 0 Å². The number of hydrogen-bond donors (Lipinski definition) is 0. The first kappa shape index (κ1) is 12.9. The quantitative estimate of drug-likeness (QED) is 0.676. The zero-order valence-corrected chi connectivity index (χ0v) is 10.7. The summed E-state index contributed by atoms with van der Waals surface area (Å²) in [5, 5.41) is 0. The van der Waals surface area contributed by atoms with Gasteiger partial charge in [-0.05, 0) is 25.0 Å². The standard InChI is InChI=1S/C12H23NOS/c1-2-3-10-15-11-12(14)13-8-6-4-5-7-9-13/h2-11H2,1H3. The molecule has 1 aliphatic heterocycles. The van der Waals surface area contributed by atoms with Gasteiger partial charge in [0.05, 0.1) is 5.75 Å². The van der Waals surface area contributed by atoms with Gasteiger partial charge in [0.25, 0.3) is 0 Å². The molecule has 0 aromatic rings. The van der Waals surface area contributed by atoms with Crippen molar-refractivity contribution in [3.05, 3.63) is 0 Å². The number of rotatable bonds is 5. The van der Waals surface area contributed by atoms with E-state index in [-0.39, 0.29) is 0 Å². The van der Waals surface area contributed by atoms with Crippen LogP contribution in [0.5, 0.6) is 0 Å². The number of carbonyl (C=O) groups excluding carboxylic acids is 1. The Morgan fingerprint density at radius 3 is 2.47 bits per heavy atom. The molecule has 3 heteroatoms. The molecule has 1 amide bonds. The summed E-state index contributed by atoms with van der Waals surface area (Å²) < 4.78 is 0. The molecule has 0 unspecified atom stereocenters.